The molecule has 0 atom stereocenters. The Kier molecular flexibility index (Phi) is 5.41. The van der Waals surface area contributed by atoms with E-state index >= 15 is 0 Å². The van der Waals surface area contributed by atoms with Crippen LogP contribution in [0.4, 0.5) is 0 Å². The number of imidazole rings is 1. The summed E-state index contributed by atoms with van der Waals surface area (Å²) in [5.74, 6) is 0.924. The molecule has 0 spiro atoms. The van der Waals surface area contributed by atoms with Crippen molar-refractivity contribution in [3.8, 4) is 17.1 Å². The van der Waals surface area contributed by atoms with E-state index in [1.54, 1.807) is 0 Å². The van der Waals surface area contributed by atoms with Gasteiger partial charge in [0.15, 0.2) is 0 Å². The maximum absolute atomic E-state index is 5.04. The summed E-state index contributed by atoms with van der Waals surface area (Å²) in [4.78, 5) is 13.1. The number of aromatic amines is 1. The molecule has 0 aliphatic rings. The second kappa shape index (κ2) is 9.34. The second-order valence-electron chi connectivity index (χ2n) is 9.26. The van der Waals surface area contributed by atoms with Crippen LogP contribution in [0.5, 0.6) is 0 Å². The Bertz CT molecular complexity index is 2020. The van der Waals surface area contributed by atoms with Crippen molar-refractivity contribution in [3.05, 3.63) is 149 Å². The maximum Gasteiger partial charge on any atom is 0.145 e. The van der Waals surface area contributed by atoms with Gasteiger partial charge in [0.05, 0.1) is 16.7 Å². The van der Waals surface area contributed by atoms with Crippen molar-refractivity contribution in [3.63, 3.8) is 0 Å². The van der Waals surface area contributed by atoms with Gasteiger partial charge in [0.2, 0.25) is 0 Å². The first-order valence-corrected chi connectivity index (χ1v) is 12.7. The Morgan fingerprint density at radius 1 is 0.632 bits per heavy atom. The van der Waals surface area contributed by atoms with E-state index in [0.29, 0.717) is 0 Å². The van der Waals surface area contributed by atoms with E-state index < -0.39 is 0 Å². The third kappa shape index (κ3) is 3.98. The lowest BCUT2D eigenvalue weighted by Crippen LogP contribution is -2.10. The molecule has 7 rings (SSSR count). The van der Waals surface area contributed by atoms with Gasteiger partial charge in [0.25, 0.3) is 0 Å². The Balaban J connectivity index is 1.40. The summed E-state index contributed by atoms with van der Waals surface area (Å²) in [5.41, 5.74) is 6.25. The molecule has 180 valence electrons. The van der Waals surface area contributed by atoms with Gasteiger partial charge in [0.1, 0.15) is 5.82 Å². The SMILES string of the molecule is C(c1cccc(-c2nc3ccccc3n2-c2ccccc2)c1)=c1[nH]c(=Cc2ccccn2)c2ccccc12. The molecule has 0 aliphatic heterocycles. The molecule has 0 fully saturated rings. The molecule has 4 aromatic carbocycles. The standard InChI is InChI=1S/C34H24N4/c1-2-14-27(15-3-1)38-33-19-7-6-18-30(33)37-34(38)25-12-10-11-24(21-25)22-31-28-16-4-5-17-29(28)32(36-31)23-26-13-8-9-20-35-26/h1-23,36H. The molecule has 7 aromatic rings. The number of nitrogens with one attached hydrogen (secondary N) is 1. The smallest absolute Gasteiger partial charge is 0.145 e. The summed E-state index contributed by atoms with van der Waals surface area (Å²) in [7, 11) is 0. The Labute approximate surface area is 219 Å². The number of hydrogen-bond donors (Lipinski definition) is 1. The van der Waals surface area contributed by atoms with E-state index in [4.69, 9.17) is 4.98 Å². The molecule has 0 saturated carbocycles. The van der Waals surface area contributed by atoms with Gasteiger partial charge in [-0.3, -0.25) is 9.55 Å². The molecule has 4 nitrogen and oxygen atoms in total. The van der Waals surface area contributed by atoms with Crippen LogP contribution in [0.2, 0.25) is 0 Å². The Hall–Kier alpha value is -5.22. The zero-order valence-corrected chi connectivity index (χ0v) is 20.6. The number of rotatable bonds is 4. The van der Waals surface area contributed by atoms with Crippen LogP contribution in [0.3, 0.4) is 0 Å². The quantitative estimate of drug-likeness (QED) is 0.319. The molecule has 0 radical (unpaired) electrons. The minimum Gasteiger partial charge on any atom is -0.354 e. The zero-order chi connectivity index (χ0) is 25.3. The molecule has 0 unspecified atom stereocenters. The number of H-pyrrole nitrogens is 1. The van der Waals surface area contributed by atoms with Crippen LogP contribution in [-0.2, 0) is 0 Å². The lowest BCUT2D eigenvalue weighted by Gasteiger charge is -2.10. The zero-order valence-electron chi connectivity index (χ0n) is 20.6. The first-order chi connectivity index (χ1) is 18.8. The average Bonchev–Trinajstić information content (AvgIpc) is 3.53. The maximum atomic E-state index is 5.04. The number of hydrogen-bond acceptors (Lipinski definition) is 2. The first kappa shape index (κ1) is 22.0. The summed E-state index contributed by atoms with van der Waals surface area (Å²) in [6, 6.07) is 41.7. The van der Waals surface area contributed by atoms with E-state index in [0.717, 1.165) is 50.1 Å². The van der Waals surface area contributed by atoms with Gasteiger partial charge in [-0.1, -0.05) is 78.9 Å². The van der Waals surface area contributed by atoms with Crippen molar-refractivity contribution < 1.29 is 0 Å². The molecule has 0 bridgehead atoms. The Morgan fingerprint density at radius 3 is 2.18 bits per heavy atom. The van der Waals surface area contributed by atoms with Crippen molar-refractivity contribution in [2.24, 2.45) is 0 Å². The number of fused-ring (bicyclic) bond motifs is 2. The van der Waals surface area contributed by atoms with Crippen molar-refractivity contribution in [2.45, 2.75) is 0 Å². The lowest BCUT2D eigenvalue weighted by molar-refractivity contribution is 1.10. The van der Waals surface area contributed by atoms with E-state index in [-0.39, 0.29) is 0 Å². The third-order valence-corrected chi connectivity index (χ3v) is 6.79. The summed E-state index contributed by atoms with van der Waals surface area (Å²) in [6.07, 6.45) is 6.12. The normalized spacial score (nSPS) is 12.5. The van der Waals surface area contributed by atoms with E-state index in [9.17, 15) is 0 Å². The second-order valence-corrected chi connectivity index (χ2v) is 9.26. The molecular weight excluding hydrogens is 464 g/mol. The fourth-order valence-corrected chi connectivity index (χ4v) is 5.06. The molecule has 38 heavy (non-hydrogen) atoms. The highest BCUT2D eigenvalue weighted by Crippen LogP contribution is 2.29. The van der Waals surface area contributed by atoms with Gasteiger partial charge in [0, 0.05) is 38.9 Å². The number of aromatic nitrogens is 4. The summed E-state index contributed by atoms with van der Waals surface area (Å²) >= 11 is 0. The van der Waals surface area contributed by atoms with Crippen LogP contribution in [-0.4, -0.2) is 19.5 Å². The number of benzene rings is 4. The average molecular weight is 489 g/mol. The third-order valence-electron chi connectivity index (χ3n) is 6.79. The minimum atomic E-state index is 0.924. The highest BCUT2D eigenvalue weighted by Gasteiger charge is 2.14. The highest BCUT2D eigenvalue weighted by atomic mass is 15.1. The lowest BCUT2D eigenvalue weighted by atomic mass is 10.1. The highest BCUT2D eigenvalue weighted by molar-refractivity contribution is 5.86. The van der Waals surface area contributed by atoms with E-state index in [1.165, 1.54) is 10.8 Å². The fourth-order valence-electron chi connectivity index (χ4n) is 5.06. The summed E-state index contributed by atoms with van der Waals surface area (Å²) in [6.45, 7) is 0. The first-order valence-electron chi connectivity index (χ1n) is 12.7. The van der Waals surface area contributed by atoms with Crippen molar-refractivity contribution >= 4 is 34.0 Å². The molecular formula is C34H24N4. The van der Waals surface area contributed by atoms with E-state index in [1.807, 2.05) is 36.5 Å². The predicted octanol–water partition coefficient (Wildman–Crippen LogP) is 6.23. The van der Waals surface area contributed by atoms with Crippen LogP contribution in [0.25, 0.3) is 51.0 Å². The molecule has 1 N–H and O–H groups in total. The predicted molar refractivity (Wildman–Crippen MR) is 155 cm³/mol. The van der Waals surface area contributed by atoms with Crippen LogP contribution < -0.4 is 10.7 Å². The molecule has 0 saturated heterocycles. The van der Waals surface area contributed by atoms with Crippen LogP contribution in [0, 0.1) is 0 Å². The van der Waals surface area contributed by atoms with Gasteiger partial charge < -0.3 is 4.98 Å². The topological polar surface area (TPSA) is 46.5 Å². The van der Waals surface area contributed by atoms with Gasteiger partial charge in [-0.15, -0.1) is 0 Å². The Morgan fingerprint density at radius 2 is 1.37 bits per heavy atom. The van der Waals surface area contributed by atoms with Crippen molar-refractivity contribution in [1.29, 1.82) is 0 Å². The van der Waals surface area contributed by atoms with Crippen LogP contribution >= 0.6 is 0 Å². The minimum absolute atomic E-state index is 0.924. The number of para-hydroxylation sites is 3. The van der Waals surface area contributed by atoms with E-state index in [2.05, 4.69) is 118 Å². The molecule has 0 amide bonds. The molecule has 3 aromatic heterocycles. The number of pyridine rings is 1. The van der Waals surface area contributed by atoms with Crippen LogP contribution in [0.1, 0.15) is 11.3 Å². The van der Waals surface area contributed by atoms with Crippen LogP contribution in [0.15, 0.2) is 128 Å². The monoisotopic (exact) mass is 488 g/mol. The molecule has 0 aliphatic carbocycles. The molecule has 4 heteroatoms. The van der Waals surface area contributed by atoms with Gasteiger partial charge in [-0.05, 0) is 60.2 Å². The largest absolute Gasteiger partial charge is 0.354 e. The molecule has 3 heterocycles. The van der Waals surface area contributed by atoms with Gasteiger partial charge in [-0.2, -0.15) is 0 Å². The summed E-state index contributed by atoms with van der Waals surface area (Å²) < 4.78 is 2.23. The fraction of sp³-hybridized carbons (Fsp3) is 0. The summed E-state index contributed by atoms with van der Waals surface area (Å²) in [5, 5.41) is 4.46. The number of nitrogens with zero attached hydrogens (tertiary/aromatic N) is 3. The van der Waals surface area contributed by atoms with Gasteiger partial charge >= 0.3 is 0 Å². The van der Waals surface area contributed by atoms with Gasteiger partial charge in [-0.25, -0.2) is 4.98 Å². The van der Waals surface area contributed by atoms with Crippen molar-refractivity contribution in [2.75, 3.05) is 0 Å². The van der Waals surface area contributed by atoms with Crippen molar-refractivity contribution in [1.82, 2.24) is 19.5 Å².